The topological polar surface area (TPSA) is 42.3 Å². The van der Waals surface area contributed by atoms with Gasteiger partial charge in [-0.05, 0) is 12.5 Å². The van der Waals surface area contributed by atoms with Crippen molar-refractivity contribution in [3.05, 3.63) is 35.9 Å². The number of benzene rings is 1. The van der Waals surface area contributed by atoms with Crippen LogP contribution in [0.2, 0.25) is 0 Å². The van der Waals surface area contributed by atoms with Gasteiger partial charge in [-0.2, -0.15) is 0 Å². The molecule has 1 atom stereocenters. The van der Waals surface area contributed by atoms with Crippen LogP contribution in [-0.4, -0.2) is 12.5 Å². The Labute approximate surface area is 92.0 Å². The number of nitrogens with one attached hydrogen (secondary N) is 1. The van der Waals surface area contributed by atoms with Crippen molar-refractivity contribution >= 4 is 22.2 Å². The highest BCUT2D eigenvalue weighted by Crippen LogP contribution is 2.21. The molecule has 14 heavy (non-hydrogen) atoms. The fraction of sp³-hybridized carbons (Fsp3) is 0.300. The van der Waals surface area contributed by atoms with Gasteiger partial charge in [0.25, 0.3) is 0 Å². The molecule has 1 unspecified atom stereocenters. The zero-order chi connectivity index (χ0) is 10.4. The Balaban J connectivity index is 2.77. The molecule has 0 saturated heterocycles. The summed E-state index contributed by atoms with van der Waals surface area (Å²) >= 11 is 2.90. The largest absolute Gasteiger partial charge is 0.479 e. The summed E-state index contributed by atoms with van der Waals surface area (Å²) in [7, 11) is 0. The SMILES string of the molecule is CCOC(=N)C(OBr)c1ccccc1. The highest BCUT2D eigenvalue weighted by molar-refractivity contribution is 9.06. The molecule has 0 spiro atoms. The van der Waals surface area contributed by atoms with Crippen LogP contribution in [0.5, 0.6) is 0 Å². The van der Waals surface area contributed by atoms with Crippen molar-refractivity contribution in [3.63, 3.8) is 0 Å². The van der Waals surface area contributed by atoms with Crippen molar-refractivity contribution in [1.29, 1.82) is 5.41 Å². The van der Waals surface area contributed by atoms with Crippen LogP contribution < -0.4 is 0 Å². The minimum absolute atomic E-state index is 0.107. The van der Waals surface area contributed by atoms with Gasteiger partial charge in [-0.15, -0.1) is 0 Å². The van der Waals surface area contributed by atoms with Crippen molar-refractivity contribution in [1.82, 2.24) is 0 Å². The number of halogens is 1. The molecule has 0 aliphatic heterocycles. The molecule has 0 radical (unpaired) electrons. The van der Waals surface area contributed by atoms with Gasteiger partial charge in [0.15, 0.2) is 6.10 Å². The van der Waals surface area contributed by atoms with E-state index in [0.717, 1.165) is 5.56 Å². The molecule has 0 fully saturated rings. The van der Waals surface area contributed by atoms with Gasteiger partial charge in [-0.25, -0.2) is 0 Å². The third-order valence-corrected chi connectivity index (χ3v) is 2.10. The molecule has 76 valence electrons. The fourth-order valence-electron chi connectivity index (χ4n) is 1.10. The summed E-state index contributed by atoms with van der Waals surface area (Å²) in [5.74, 6) is 0.107. The Morgan fingerprint density at radius 2 is 2.07 bits per heavy atom. The predicted molar refractivity (Wildman–Crippen MR) is 58.5 cm³/mol. The van der Waals surface area contributed by atoms with Crippen molar-refractivity contribution in [2.24, 2.45) is 0 Å². The Kier molecular flexibility index (Phi) is 4.62. The molecular weight excluding hydrogens is 246 g/mol. The van der Waals surface area contributed by atoms with Crippen LogP contribution in [0.3, 0.4) is 0 Å². The van der Waals surface area contributed by atoms with Crippen LogP contribution in [0.25, 0.3) is 0 Å². The van der Waals surface area contributed by atoms with Gasteiger partial charge < -0.3 is 4.74 Å². The molecule has 0 amide bonds. The van der Waals surface area contributed by atoms with E-state index in [-0.39, 0.29) is 5.90 Å². The van der Waals surface area contributed by atoms with Crippen LogP contribution in [0.15, 0.2) is 30.3 Å². The molecule has 0 bridgehead atoms. The zero-order valence-corrected chi connectivity index (χ0v) is 9.45. The van der Waals surface area contributed by atoms with Crippen LogP contribution in [0.4, 0.5) is 0 Å². The average molecular weight is 258 g/mol. The lowest BCUT2D eigenvalue weighted by atomic mass is 10.1. The first-order valence-electron chi connectivity index (χ1n) is 4.33. The Morgan fingerprint density at radius 1 is 1.43 bits per heavy atom. The first-order chi connectivity index (χ1) is 6.79. The van der Waals surface area contributed by atoms with Gasteiger partial charge in [0.2, 0.25) is 5.90 Å². The molecule has 1 rings (SSSR count). The lowest BCUT2D eigenvalue weighted by Gasteiger charge is -2.14. The molecular formula is C10H12BrNO2. The summed E-state index contributed by atoms with van der Waals surface area (Å²) in [6, 6.07) is 9.49. The van der Waals surface area contributed by atoms with Crippen LogP contribution in [0.1, 0.15) is 18.6 Å². The maximum Gasteiger partial charge on any atom is 0.216 e. The maximum absolute atomic E-state index is 7.61. The fourth-order valence-corrected chi connectivity index (χ4v) is 1.49. The van der Waals surface area contributed by atoms with E-state index < -0.39 is 6.10 Å². The summed E-state index contributed by atoms with van der Waals surface area (Å²) in [6.07, 6.45) is -0.476. The van der Waals surface area contributed by atoms with Crippen molar-refractivity contribution in [2.75, 3.05) is 6.61 Å². The molecule has 1 aromatic rings. The second-order valence-corrected chi connectivity index (χ2v) is 3.05. The number of hydrogen-bond acceptors (Lipinski definition) is 3. The standard InChI is InChI=1S/C10H12BrNO2/c1-2-13-10(12)9(14-11)8-6-4-3-5-7-8/h3-7,9,12H,2H2,1H3. The van der Waals surface area contributed by atoms with E-state index in [0.29, 0.717) is 6.61 Å². The number of ether oxygens (including phenoxy) is 1. The van der Waals surface area contributed by atoms with E-state index in [1.165, 1.54) is 0 Å². The first-order valence-corrected chi connectivity index (χ1v) is 4.98. The highest BCUT2D eigenvalue weighted by atomic mass is 79.9. The maximum atomic E-state index is 7.61. The number of rotatable bonds is 4. The molecule has 0 aromatic heterocycles. The molecule has 0 aliphatic carbocycles. The van der Waals surface area contributed by atoms with Crippen molar-refractivity contribution < 1.29 is 8.57 Å². The van der Waals surface area contributed by atoms with Gasteiger partial charge in [0.1, 0.15) is 0 Å². The molecule has 0 heterocycles. The second-order valence-electron chi connectivity index (χ2n) is 2.68. The van der Waals surface area contributed by atoms with Gasteiger partial charge in [0.05, 0.1) is 22.9 Å². The highest BCUT2D eigenvalue weighted by Gasteiger charge is 2.17. The van der Waals surface area contributed by atoms with E-state index in [9.17, 15) is 0 Å². The predicted octanol–water partition coefficient (Wildman–Crippen LogP) is 3.07. The van der Waals surface area contributed by atoms with E-state index in [4.69, 9.17) is 14.0 Å². The Bertz CT molecular complexity index is 289. The third kappa shape index (κ3) is 2.82. The zero-order valence-electron chi connectivity index (χ0n) is 7.87. The molecule has 0 aliphatic rings. The van der Waals surface area contributed by atoms with E-state index in [1.807, 2.05) is 37.3 Å². The minimum atomic E-state index is -0.476. The average Bonchev–Trinajstić information content (AvgIpc) is 2.21. The van der Waals surface area contributed by atoms with E-state index >= 15 is 0 Å². The van der Waals surface area contributed by atoms with Crippen LogP contribution in [-0.2, 0) is 8.57 Å². The Hall–Kier alpha value is -0.870. The third-order valence-electron chi connectivity index (χ3n) is 1.73. The lowest BCUT2D eigenvalue weighted by Crippen LogP contribution is -2.15. The minimum Gasteiger partial charge on any atom is -0.479 e. The molecule has 3 nitrogen and oxygen atoms in total. The van der Waals surface area contributed by atoms with Gasteiger partial charge in [-0.1, -0.05) is 30.3 Å². The summed E-state index contributed by atoms with van der Waals surface area (Å²) in [5, 5.41) is 7.61. The smallest absolute Gasteiger partial charge is 0.216 e. The molecule has 1 aromatic carbocycles. The van der Waals surface area contributed by atoms with Gasteiger partial charge in [0, 0.05) is 0 Å². The van der Waals surface area contributed by atoms with Gasteiger partial charge in [-0.3, -0.25) is 9.24 Å². The summed E-state index contributed by atoms with van der Waals surface area (Å²) in [5.41, 5.74) is 0.892. The first kappa shape index (κ1) is 11.2. The number of hydrogen-bond donors (Lipinski definition) is 1. The summed E-state index contributed by atoms with van der Waals surface area (Å²) in [6.45, 7) is 2.31. The summed E-state index contributed by atoms with van der Waals surface area (Å²) < 4.78 is 10.1. The van der Waals surface area contributed by atoms with E-state index in [1.54, 1.807) is 0 Å². The lowest BCUT2D eigenvalue weighted by molar-refractivity contribution is 0.243. The molecule has 0 saturated carbocycles. The summed E-state index contributed by atoms with van der Waals surface area (Å²) in [4.78, 5) is 0. The normalized spacial score (nSPS) is 12.1. The van der Waals surface area contributed by atoms with Crippen LogP contribution in [0, 0.1) is 5.41 Å². The van der Waals surface area contributed by atoms with Crippen molar-refractivity contribution in [3.8, 4) is 0 Å². The molecule has 1 N–H and O–H groups in total. The van der Waals surface area contributed by atoms with Crippen molar-refractivity contribution in [2.45, 2.75) is 13.0 Å². The van der Waals surface area contributed by atoms with Crippen LogP contribution >= 0.6 is 16.3 Å². The Morgan fingerprint density at radius 3 is 2.57 bits per heavy atom. The molecule has 4 heteroatoms. The quantitative estimate of drug-likeness (QED) is 0.666. The monoisotopic (exact) mass is 257 g/mol. The van der Waals surface area contributed by atoms with Gasteiger partial charge >= 0.3 is 0 Å². The second kappa shape index (κ2) is 5.78. The van der Waals surface area contributed by atoms with E-state index in [2.05, 4.69) is 16.3 Å².